The normalized spacial score (nSPS) is 26.3. The standard InChI is InChI=1S/C17H26N2O2S/c1-14-4-5-15(22-14)12-18-9-7-17(13-18)6-3-8-19(16(17)20)10-11-21-2/h4-5H,3,6-13H2,1-2H3. The van der Waals surface area contributed by atoms with Crippen molar-refractivity contribution in [1.82, 2.24) is 9.80 Å². The minimum Gasteiger partial charge on any atom is -0.383 e. The van der Waals surface area contributed by atoms with Crippen LogP contribution in [0.3, 0.4) is 0 Å². The van der Waals surface area contributed by atoms with Gasteiger partial charge in [-0.3, -0.25) is 9.69 Å². The smallest absolute Gasteiger partial charge is 0.230 e. The molecule has 1 amide bonds. The Morgan fingerprint density at radius 2 is 2.18 bits per heavy atom. The van der Waals surface area contributed by atoms with Gasteiger partial charge in [-0.2, -0.15) is 0 Å². The molecule has 3 rings (SSSR count). The van der Waals surface area contributed by atoms with Gasteiger partial charge in [0.2, 0.25) is 5.91 Å². The van der Waals surface area contributed by atoms with Crippen molar-refractivity contribution >= 4 is 17.2 Å². The van der Waals surface area contributed by atoms with Gasteiger partial charge in [-0.05, 0) is 44.9 Å². The third-order valence-electron chi connectivity index (χ3n) is 5.00. The first-order chi connectivity index (χ1) is 10.6. The molecule has 0 N–H and O–H groups in total. The molecule has 0 aliphatic carbocycles. The lowest BCUT2D eigenvalue weighted by atomic mass is 9.78. The number of rotatable bonds is 5. The highest BCUT2D eigenvalue weighted by molar-refractivity contribution is 7.11. The van der Waals surface area contributed by atoms with E-state index in [0.717, 1.165) is 52.0 Å². The molecule has 2 saturated heterocycles. The molecule has 1 spiro atoms. The molecular weight excluding hydrogens is 296 g/mol. The number of likely N-dealkylation sites (tertiary alicyclic amines) is 2. The van der Waals surface area contributed by atoms with Crippen LogP contribution in [0.4, 0.5) is 0 Å². The molecule has 1 aromatic rings. The van der Waals surface area contributed by atoms with Crippen LogP contribution in [-0.2, 0) is 16.1 Å². The number of nitrogens with zero attached hydrogens (tertiary/aromatic N) is 2. The Morgan fingerprint density at radius 1 is 1.32 bits per heavy atom. The van der Waals surface area contributed by atoms with E-state index in [1.54, 1.807) is 7.11 Å². The van der Waals surface area contributed by atoms with Crippen molar-refractivity contribution in [2.24, 2.45) is 5.41 Å². The Morgan fingerprint density at radius 3 is 2.91 bits per heavy atom. The van der Waals surface area contributed by atoms with Crippen LogP contribution >= 0.6 is 11.3 Å². The zero-order chi connectivity index (χ0) is 15.6. The van der Waals surface area contributed by atoms with E-state index < -0.39 is 0 Å². The summed E-state index contributed by atoms with van der Waals surface area (Å²) in [5, 5.41) is 0. The molecule has 1 unspecified atom stereocenters. The van der Waals surface area contributed by atoms with E-state index in [2.05, 4.69) is 24.0 Å². The highest BCUT2D eigenvalue weighted by Gasteiger charge is 2.48. The Bertz CT molecular complexity index is 530. The van der Waals surface area contributed by atoms with Crippen molar-refractivity contribution < 1.29 is 9.53 Å². The van der Waals surface area contributed by atoms with Gasteiger partial charge in [0.1, 0.15) is 0 Å². The fourth-order valence-electron chi connectivity index (χ4n) is 3.83. The summed E-state index contributed by atoms with van der Waals surface area (Å²) < 4.78 is 5.14. The summed E-state index contributed by atoms with van der Waals surface area (Å²) in [6.45, 7) is 7.38. The van der Waals surface area contributed by atoms with Crippen molar-refractivity contribution in [1.29, 1.82) is 0 Å². The lowest BCUT2D eigenvalue weighted by Gasteiger charge is -2.39. The Kier molecular flexibility index (Phi) is 4.85. The number of ether oxygens (including phenoxy) is 1. The van der Waals surface area contributed by atoms with Crippen molar-refractivity contribution in [3.63, 3.8) is 0 Å². The molecule has 22 heavy (non-hydrogen) atoms. The summed E-state index contributed by atoms with van der Waals surface area (Å²) >= 11 is 1.87. The van der Waals surface area contributed by atoms with Gasteiger partial charge >= 0.3 is 0 Å². The van der Waals surface area contributed by atoms with Crippen LogP contribution in [0.2, 0.25) is 0 Å². The zero-order valence-corrected chi connectivity index (χ0v) is 14.5. The largest absolute Gasteiger partial charge is 0.383 e. The molecule has 2 aliphatic rings. The van der Waals surface area contributed by atoms with E-state index >= 15 is 0 Å². The average molecular weight is 322 g/mol. The molecule has 2 fully saturated rings. The van der Waals surface area contributed by atoms with Crippen molar-refractivity contribution in [3.8, 4) is 0 Å². The second kappa shape index (κ2) is 6.69. The van der Waals surface area contributed by atoms with Crippen LogP contribution in [0, 0.1) is 12.3 Å². The second-order valence-electron chi connectivity index (χ2n) is 6.64. The van der Waals surface area contributed by atoms with Crippen LogP contribution in [0.25, 0.3) is 0 Å². The van der Waals surface area contributed by atoms with Crippen LogP contribution in [0.15, 0.2) is 12.1 Å². The number of carbonyl (C=O) groups is 1. The number of amides is 1. The van der Waals surface area contributed by atoms with E-state index in [9.17, 15) is 4.79 Å². The molecular formula is C17H26N2O2S. The fourth-order valence-corrected chi connectivity index (χ4v) is 4.76. The van der Waals surface area contributed by atoms with E-state index in [4.69, 9.17) is 4.74 Å². The molecule has 3 heterocycles. The average Bonchev–Trinajstić information content (AvgIpc) is 3.09. The number of hydrogen-bond acceptors (Lipinski definition) is 4. The second-order valence-corrected chi connectivity index (χ2v) is 8.01. The maximum Gasteiger partial charge on any atom is 0.230 e. The number of hydrogen-bond donors (Lipinski definition) is 0. The van der Waals surface area contributed by atoms with Gasteiger partial charge < -0.3 is 9.64 Å². The SMILES string of the molecule is COCCN1CCCC2(CCN(Cc3ccc(C)s3)C2)C1=O. The van der Waals surface area contributed by atoms with Crippen LogP contribution in [0.1, 0.15) is 29.0 Å². The van der Waals surface area contributed by atoms with Crippen LogP contribution in [0.5, 0.6) is 0 Å². The van der Waals surface area contributed by atoms with Gasteiger partial charge in [0.15, 0.2) is 0 Å². The molecule has 0 saturated carbocycles. The van der Waals surface area contributed by atoms with Crippen LogP contribution < -0.4 is 0 Å². The quantitative estimate of drug-likeness (QED) is 0.835. The van der Waals surface area contributed by atoms with E-state index in [1.807, 2.05) is 16.2 Å². The third kappa shape index (κ3) is 3.21. The summed E-state index contributed by atoms with van der Waals surface area (Å²) in [4.78, 5) is 20.2. The van der Waals surface area contributed by atoms with Crippen molar-refractivity contribution in [2.75, 3.05) is 39.9 Å². The third-order valence-corrected chi connectivity index (χ3v) is 5.98. The molecule has 0 aromatic carbocycles. The van der Waals surface area contributed by atoms with E-state index in [0.29, 0.717) is 12.5 Å². The minimum atomic E-state index is -0.127. The molecule has 2 aliphatic heterocycles. The van der Waals surface area contributed by atoms with Gasteiger partial charge in [0.25, 0.3) is 0 Å². The van der Waals surface area contributed by atoms with Gasteiger partial charge in [-0.25, -0.2) is 0 Å². The molecule has 1 atom stereocenters. The minimum absolute atomic E-state index is 0.127. The van der Waals surface area contributed by atoms with Crippen LogP contribution in [-0.4, -0.2) is 55.6 Å². The molecule has 0 radical (unpaired) electrons. The van der Waals surface area contributed by atoms with E-state index in [-0.39, 0.29) is 5.41 Å². The summed E-state index contributed by atoms with van der Waals surface area (Å²) in [5.74, 6) is 0.362. The van der Waals surface area contributed by atoms with Crippen molar-refractivity contribution in [2.45, 2.75) is 32.7 Å². The predicted molar refractivity (Wildman–Crippen MR) is 89.1 cm³/mol. The first-order valence-corrected chi connectivity index (χ1v) is 9.01. The number of methoxy groups -OCH3 is 1. The summed E-state index contributed by atoms with van der Waals surface area (Å²) in [7, 11) is 1.70. The number of thiophene rings is 1. The molecule has 4 nitrogen and oxygen atoms in total. The Balaban J connectivity index is 1.63. The number of carbonyl (C=O) groups excluding carboxylic acids is 1. The maximum atomic E-state index is 12.9. The number of aryl methyl sites for hydroxylation is 1. The zero-order valence-electron chi connectivity index (χ0n) is 13.6. The molecule has 5 heteroatoms. The number of piperidine rings is 1. The first kappa shape index (κ1) is 16.0. The summed E-state index contributed by atoms with van der Waals surface area (Å²) in [5.41, 5.74) is -0.127. The molecule has 1 aromatic heterocycles. The Labute approximate surface area is 137 Å². The lowest BCUT2D eigenvalue weighted by molar-refractivity contribution is -0.146. The van der Waals surface area contributed by atoms with Gasteiger partial charge in [0.05, 0.1) is 12.0 Å². The lowest BCUT2D eigenvalue weighted by Crippen LogP contribution is -2.50. The summed E-state index contributed by atoms with van der Waals surface area (Å²) in [6.07, 6.45) is 3.19. The monoisotopic (exact) mass is 322 g/mol. The van der Waals surface area contributed by atoms with Gasteiger partial charge in [0, 0.05) is 43.0 Å². The highest BCUT2D eigenvalue weighted by atomic mass is 32.1. The van der Waals surface area contributed by atoms with Gasteiger partial charge in [-0.15, -0.1) is 11.3 Å². The highest BCUT2D eigenvalue weighted by Crippen LogP contribution is 2.40. The Hall–Kier alpha value is -0.910. The van der Waals surface area contributed by atoms with Gasteiger partial charge in [-0.1, -0.05) is 0 Å². The fraction of sp³-hybridized carbons (Fsp3) is 0.706. The maximum absolute atomic E-state index is 12.9. The summed E-state index contributed by atoms with van der Waals surface area (Å²) in [6, 6.07) is 4.41. The molecule has 122 valence electrons. The molecule has 0 bridgehead atoms. The topological polar surface area (TPSA) is 32.8 Å². The van der Waals surface area contributed by atoms with E-state index in [1.165, 1.54) is 9.75 Å². The van der Waals surface area contributed by atoms with Crippen molar-refractivity contribution in [3.05, 3.63) is 21.9 Å². The first-order valence-electron chi connectivity index (χ1n) is 8.19. The predicted octanol–water partition coefficient (Wildman–Crippen LogP) is 2.52.